The maximum absolute atomic E-state index is 13.4. The Hall–Kier alpha value is -1.91. The van der Waals surface area contributed by atoms with E-state index in [-0.39, 0.29) is 11.7 Å². The van der Waals surface area contributed by atoms with Crippen LogP contribution in [0.1, 0.15) is 41.4 Å². The van der Waals surface area contributed by atoms with Gasteiger partial charge in [-0.15, -0.1) is 11.3 Å². The lowest BCUT2D eigenvalue weighted by Crippen LogP contribution is -2.13. The molecule has 3 rings (SSSR count). The molecule has 5 heteroatoms. The Morgan fingerprint density at radius 3 is 2.79 bits per heavy atom. The van der Waals surface area contributed by atoms with Gasteiger partial charge in [-0.25, -0.2) is 4.39 Å². The first-order valence-corrected chi connectivity index (χ1v) is 8.98. The molecule has 0 bridgehead atoms. The number of carbonyl (C=O) groups is 1. The van der Waals surface area contributed by atoms with Gasteiger partial charge in [-0.3, -0.25) is 4.79 Å². The number of rotatable bonds is 4. The van der Waals surface area contributed by atoms with Gasteiger partial charge in [0.2, 0.25) is 0 Å². The van der Waals surface area contributed by atoms with Crippen LogP contribution in [0.4, 0.5) is 10.1 Å². The molecule has 124 valence electrons. The SMILES string of the molecule is CC[C@@H](C)c1ccccc1NC(=O)c1sc2cc(F)ccc2c1Cl. The topological polar surface area (TPSA) is 29.1 Å². The van der Waals surface area contributed by atoms with E-state index >= 15 is 0 Å². The number of amides is 1. The van der Waals surface area contributed by atoms with Crippen molar-refractivity contribution in [1.29, 1.82) is 0 Å². The summed E-state index contributed by atoms with van der Waals surface area (Å²) in [4.78, 5) is 13.1. The average molecular weight is 362 g/mol. The standard InChI is InChI=1S/C19H17ClFNOS/c1-3-11(2)13-6-4-5-7-15(13)22-19(23)18-17(20)14-9-8-12(21)10-16(14)24-18/h4-11H,3H2,1-2H3,(H,22,23)/t11-/m1/s1. The van der Waals surface area contributed by atoms with Crippen LogP contribution in [0.25, 0.3) is 10.1 Å². The predicted molar refractivity (Wildman–Crippen MR) is 99.9 cm³/mol. The zero-order valence-electron chi connectivity index (χ0n) is 13.4. The third-order valence-electron chi connectivity index (χ3n) is 4.15. The van der Waals surface area contributed by atoms with Gasteiger partial charge in [0.25, 0.3) is 5.91 Å². The molecule has 1 atom stereocenters. The highest BCUT2D eigenvalue weighted by Gasteiger charge is 2.19. The minimum absolute atomic E-state index is 0.266. The van der Waals surface area contributed by atoms with E-state index in [9.17, 15) is 9.18 Å². The Morgan fingerprint density at radius 1 is 1.29 bits per heavy atom. The summed E-state index contributed by atoms with van der Waals surface area (Å²) < 4.78 is 14.0. The van der Waals surface area contributed by atoms with Crippen molar-refractivity contribution in [1.82, 2.24) is 0 Å². The number of carbonyl (C=O) groups excluding carboxylic acids is 1. The molecule has 0 saturated carbocycles. The number of benzene rings is 2. The van der Waals surface area contributed by atoms with Crippen molar-refractivity contribution < 1.29 is 9.18 Å². The fourth-order valence-electron chi connectivity index (χ4n) is 2.62. The molecule has 1 heterocycles. The largest absolute Gasteiger partial charge is 0.321 e. The fraction of sp³-hybridized carbons (Fsp3) is 0.211. The zero-order chi connectivity index (χ0) is 17.3. The maximum atomic E-state index is 13.4. The Morgan fingerprint density at radius 2 is 2.04 bits per heavy atom. The lowest BCUT2D eigenvalue weighted by atomic mass is 9.97. The van der Waals surface area contributed by atoms with E-state index in [4.69, 9.17) is 11.6 Å². The number of nitrogens with one attached hydrogen (secondary N) is 1. The van der Waals surface area contributed by atoms with Crippen LogP contribution in [0.5, 0.6) is 0 Å². The summed E-state index contributed by atoms with van der Waals surface area (Å²) in [6.45, 7) is 4.24. The van der Waals surface area contributed by atoms with Gasteiger partial charge in [-0.05, 0) is 42.2 Å². The van der Waals surface area contributed by atoms with Gasteiger partial charge in [0.1, 0.15) is 10.7 Å². The first-order chi connectivity index (χ1) is 11.5. The van der Waals surface area contributed by atoms with Crippen LogP contribution in [-0.2, 0) is 0 Å². The summed E-state index contributed by atoms with van der Waals surface area (Å²) in [7, 11) is 0. The Bertz CT molecular complexity index is 906. The maximum Gasteiger partial charge on any atom is 0.267 e. The zero-order valence-corrected chi connectivity index (χ0v) is 15.0. The summed E-state index contributed by atoms with van der Waals surface area (Å²) in [5.74, 6) is -0.264. The molecule has 0 fully saturated rings. The number of anilines is 1. The van der Waals surface area contributed by atoms with Crippen LogP contribution in [0, 0.1) is 5.82 Å². The summed E-state index contributed by atoms with van der Waals surface area (Å²) in [6.07, 6.45) is 0.982. The van der Waals surface area contributed by atoms with Crippen molar-refractivity contribution in [2.75, 3.05) is 5.32 Å². The molecule has 2 nitrogen and oxygen atoms in total. The molecule has 2 aromatic carbocycles. The lowest BCUT2D eigenvalue weighted by molar-refractivity contribution is 0.103. The summed E-state index contributed by atoms with van der Waals surface area (Å²) in [5, 5.41) is 4.02. The number of hydrogen-bond acceptors (Lipinski definition) is 2. The van der Waals surface area contributed by atoms with Crippen molar-refractivity contribution in [2.24, 2.45) is 0 Å². The first-order valence-electron chi connectivity index (χ1n) is 7.79. The summed E-state index contributed by atoms with van der Waals surface area (Å²) in [6, 6.07) is 12.1. The van der Waals surface area contributed by atoms with Gasteiger partial charge < -0.3 is 5.32 Å². The van der Waals surface area contributed by atoms with Crippen molar-refractivity contribution >= 4 is 44.6 Å². The number of fused-ring (bicyclic) bond motifs is 1. The molecule has 0 aliphatic carbocycles. The first kappa shape index (κ1) is 16.9. The van der Waals surface area contributed by atoms with Gasteiger partial charge in [0.15, 0.2) is 0 Å². The molecule has 0 saturated heterocycles. The van der Waals surface area contributed by atoms with Gasteiger partial charge in [0.05, 0.1) is 5.02 Å². The number of thiophene rings is 1. The van der Waals surface area contributed by atoms with Crippen LogP contribution in [-0.4, -0.2) is 5.91 Å². The molecule has 1 amide bonds. The van der Waals surface area contributed by atoms with Crippen LogP contribution >= 0.6 is 22.9 Å². The monoisotopic (exact) mass is 361 g/mol. The second-order valence-electron chi connectivity index (χ2n) is 5.74. The van der Waals surface area contributed by atoms with Crippen molar-refractivity contribution in [2.45, 2.75) is 26.2 Å². The third-order valence-corrected chi connectivity index (χ3v) is 5.81. The molecule has 24 heavy (non-hydrogen) atoms. The minimum atomic E-state index is -0.338. The highest BCUT2D eigenvalue weighted by molar-refractivity contribution is 7.21. The highest BCUT2D eigenvalue weighted by atomic mass is 35.5. The highest BCUT2D eigenvalue weighted by Crippen LogP contribution is 2.36. The van der Waals surface area contributed by atoms with E-state index in [0.29, 0.717) is 25.9 Å². The smallest absolute Gasteiger partial charge is 0.267 e. The number of hydrogen-bond donors (Lipinski definition) is 1. The second-order valence-corrected chi connectivity index (χ2v) is 7.17. The third kappa shape index (κ3) is 3.17. The van der Waals surface area contributed by atoms with Gasteiger partial charge in [-0.1, -0.05) is 43.6 Å². The van der Waals surface area contributed by atoms with E-state index in [0.717, 1.165) is 17.7 Å². The molecular formula is C19H17ClFNOS. The van der Waals surface area contributed by atoms with Crippen molar-refractivity contribution in [3.05, 3.63) is 63.7 Å². The van der Waals surface area contributed by atoms with Crippen molar-refractivity contribution in [3.63, 3.8) is 0 Å². The van der Waals surface area contributed by atoms with E-state index in [1.165, 1.54) is 23.5 Å². The predicted octanol–water partition coefficient (Wildman–Crippen LogP) is 6.46. The Labute approximate surface area is 149 Å². The van der Waals surface area contributed by atoms with E-state index < -0.39 is 0 Å². The fourth-order valence-corrected chi connectivity index (χ4v) is 4.06. The van der Waals surface area contributed by atoms with Gasteiger partial charge in [-0.2, -0.15) is 0 Å². The number of para-hydroxylation sites is 1. The van der Waals surface area contributed by atoms with Crippen LogP contribution in [0.2, 0.25) is 5.02 Å². The molecular weight excluding hydrogens is 345 g/mol. The van der Waals surface area contributed by atoms with Crippen LogP contribution in [0.3, 0.4) is 0 Å². The van der Waals surface area contributed by atoms with E-state index in [1.54, 1.807) is 6.07 Å². The average Bonchev–Trinajstić information content (AvgIpc) is 2.90. The molecule has 0 unspecified atom stereocenters. The Balaban J connectivity index is 1.95. The molecule has 1 aromatic heterocycles. The Kier molecular flexibility index (Phi) is 4.88. The van der Waals surface area contributed by atoms with Crippen molar-refractivity contribution in [3.8, 4) is 0 Å². The summed E-state index contributed by atoms with van der Waals surface area (Å²) in [5.41, 5.74) is 1.88. The quantitative estimate of drug-likeness (QED) is 0.567. The van der Waals surface area contributed by atoms with E-state index in [1.807, 2.05) is 24.3 Å². The molecule has 0 radical (unpaired) electrons. The molecule has 0 aliphatic heterocycles. The van der Waals surface area contributed by atoms with Gasteiger partial charge in [0, 0.05) is 15.8 Å². The molecule has 0 aliphatic rings. The normalized spacial score (nSPS) is 12.3. The number of halogens is 2. The van der Waals surface area contributed by atoms with E-state index in [2.05, 4.69) is 19.2 Å². The molecule has 0 spiro atoms. The minimum Gasteiger partial charge on any atom is -0.321 e. The lowest BCUT2D eigenvalue weighted by Gasteiger charge is -2.15. The van der Waals surface area contributed by atoms with Gasteiger partial charge >= 0.3 is 0 Å². The molecule has 1 N–H and O–H groups in total. The second kappa shape index (κ2) is 6.91. The van der Waals surface area contributed by atoms with Crippen LogP contribution < -0.4 is 5.32 Å². The molecule has 3 aromatic rings. The summed E-state index contributed by atoms with van der Waals surface area (Å²) >= 11 is 7.53. The van der Waals surface area contributed by atoms with Crippen LogP contribution in [0.15, 0.2) is 42.5 Å².